The summed E-state index contributed by atoms with van der Waals surface area (Å²) in [7, 11) is 5.68. The van der Waals surface area contributed by atoms with Crippen LogP contribution in [-0.2, 0) is 16.5 Å². The number of hydrogen-bond donors (Lipinski definition) is 0. The number of methoxy groups -OCH3 is 1. The fraction of sp³-hybridized carbons (Fsp3) is 0.588. The van der Waals surface area contributed by atoms with E-state index >= 15 is 4.39 Å². The number of nitrogens with zero attached hydrogens (tertiary/aromatic N) is 5. The third kappa shape index (κ3) is 6.98. The Morgan fingerprint density at radius 1 is 1.20 bits per heavy atom. The molecular weight excluding hydrogens is 564 g/mol. The molecular formula is C34H47F2N5O3. The first-order valence-electron chi connectivity index (χ1n) is 15.7. The summed E-state index contributed by atoms with van der Waals surface area (Å²) in [5.41, 5.74) is 2.62. The Hall–Kier alpha value is -2.92. The van der Waals surface area contributed by atoms with Crippen LogP contribution >= 0.6 is 0 Å². The molecule has 2 saturated heterocycles. The number of amides is 1. The summed E-state index contributed by atoms with van der Waals surface area (Å²) < 4.78 is 42.6. The Balaban J connectivity index is 1.40. The van der Waals surface area contributed by atoms with E-state index in [4.69, 9.17) is 9.47 Å². The average molecular weight is 612 g/mol. The molecule has 1 aromatic heterocycles. The Kier molecular flexibility index (Phi) is 10.0. The van der Waals surface area contributed by atoms with E-state index in [0.29, 0.717) is 37.5 Å². The summed E-state index contributed by atoms with van der Waals surface area (Å²) in [6, 6.07) is 8.47. The molecule has 2 aliphatic rings. The van der Waals surface area contributed by atoms with Gasteiger partial charge in [-0.1, -0.05) is 6.07 Å². The second-order valence-corrected chi connectivity index (χ2v) is 13.1. The van der Waals surface area contributed by atoms with Crippen LogP contribution in [0.25, 0.3) is 22.0 Å². The van der Waals surface area contributed by atoms with Gasteiger partial charge in [0.2, 0.25) is 0 Å². The molecule has 8 nitrogen and oxygen atoms in total. The van der Waals surface area contributed by atoms with Crippen molar-refractivity contribution in [2.75, 3.05) is 66.7 Å². The fourth-order valence-electron chi connectivity index (χ4n) is 6.69. The van der Waals surface area contributed by atoms with Gasteiger partial charge in [-0.3, -0.25) is 14.4 Å². The van der Waals surface area contributed by atoms with Gasteiger partial charge in [-0.05, 0) is 88.2 Å². The van der Waals surface area contributed by atoms with E-state index < -0.39 is 11.5 Å². The summed E-state index contributed by atoms with van der Waals surface area (Å²) >= 11 is 0. The van der Waals surface area contributed by atoms with Crippen molar-refractivity contribution in [1.82, 2.24) is 24.5 Å². The van der Waals surface area contributed by atoms with Gasteiger partial charge in [-0.15, -0.1) is 0 Å². The van der Waals surface area contributed by atoms with Crippen LogP contribution in [0, 0.1) is 5.82 Å². The van der Waals surface area contributed by atoms with Crippen LogP contribution in [0.15, 0.2) is 36.5 Å². The maximum atomic E-state index is 15.5. The molecule has 44 heavy (non-hydrogen) atoms. The van der Waals surface area contributed by atoms with Crippen LogP contribution in [0.2, 0.25) is 0 Å². The normalized spacial score (nSPS) is 19.1. The second-order valence-electron chi connectivity index (χ2n) is 13.1. The van der Waals surface area contributed by atoms with Gasteiger partial charge < -0.3 is 19.3 Å². The summed E-state index contributed by atoms with van der Waals surface area (Å²) in [5.74, 6) is -0.439. The lowest BCUT2D eigenvalue weighted by atomic mass is 9.83. The number of carbonyl (C=O) groups is 1. The molecule has 0 N–H and O–H groups in total. The zero-order chi connectivity index (χ0) is 31.6. The number of ether oxygens (including phenoxy) is 2. The predicted molar refractivity (Wildman–Crippen MR) is 169 cm³/mol. The number of fused-ring (bicyclic) bond motifs is 1. The molecule has 2 fully saturated rings. The molecule has 5 rings (SSSR count). The number of alkyl halides is 1. The van der Waals surface area contributed by atoms with Gasteiger partial charge in [-0.2, -0.15) is 5.10 Å². The van der Waals surface area contributed by atoms with Crippen molar-refractivity contribution < 1.29 is 23.0 Å². The lowest BCUT2D eigenvalue weighted by Gasteiger charge is -2.48. The number of aromatic nitrogens is 2. The van der Waals surface area contributed by atoms with Gasteiger partial charge >= 0.3 is 0 Å². The minimum atomic E-state index is -1.33. The molecule has 240 valence electrons. The summed E-state index contributed by atoms with van der Waals surface area (Å²) in [5, 5.41) is 5.43. The number of likely N-dealkylation sites (N-methyl/N-ethyl adjacent to an activating group) is 1. The number of halogens is 2. The number of rotatable bonds is 12. The van der Waals surface area contributed by atoms with E-state index in [1.807, 2.05) is 24.9 Å². The molecule has 0 saturated carbocycles. The molecule has 0 aliphatic carbocycles. The van der Waals surface area contributed by atoms with Crippen molar-refractivity contribution in [2.45, 2.75) is 57.3 Å². The first kappa shape index (κ1) is 32.5. The Bertz CT molecular complexity index is 1450. The van der Waals surface area contributed by atoms with Crippen molar-refractivity contribution in [3.8, 4) is 11.1 Å². The lowest BCUT2D eigenvalue weighted by molar-refractivity contribution is -0.00589. The third-order valence-electron chi connectivity index (χ3n) is 9.33. The van der Waals surface area contributed by atoms with E-state index in [1.165, 1.54) is 12.1 Å². The third-order valence-corrected chi connectivity index (χ3v) is 9.33. The molecule has 3 aromatic rings. The standard InChI is InChI=1S/C34H47F2N5O3/c1-23-22-44-15-13-41(23)33(42)29-18-26(35)9-10-27(29)28-16-24(17-31-30(28)19-37-39(31)5)25-20-40(21-25)32(34(2,3)36)8-7-11-38(4)12-14-43-6/h9-10,16-19,23,25,32H,7-8,11-15,20-22H2,1-6H3/t23-,32?/m1/s1. The van der Waals surface area contributed by atoms with Crippen LogP contribution < -0.4 is 0 Å². The predicted octanol–water partition coefficient (Wildman–Crippen LogP) is 5.11. The maximum Gasteiger partial charge on any atom is 0.254 e. The minimum absolute atomic E-state index is 0.100. The topological polar surface area (TPSA) is 63.1 Å². The number of aryl methyl sites for hydroxylation is 1. The average Bonchev–Trinajstić information content (AvgIpc) is 3.34. The molecule has 3 heterocycles. The summed E-state index contributed by atoms with van der Waals surface area (Å²) in [6.45, 7) is 10.6. The van der Waals surface area contributed by atoms with E-state index in [2.05, 4.69) is 34.1 Å². The number of morpholine rings is 1. The smallest absolute Gasteiger partial charge is 0.254 e. The fourth-order valence-corrected chi connectivity index (χ4v) is 6.69. The van der Waals surface area contributed by atoms with E-state index in [0.717, 1.165) is 61.1 Å². The largest absolute Gasteiger partial charge is 0.383 e. The van der Waals surface area contributed by atoms with Crippen molar-refractivity contribution in [3.05, 3.63) is 53.5 Å². The quantitative estimate of drug-likeness (QED) is 0.284. The van der Waals surface area contributed by atoms with Crippen molar-refractivity contribution in [1.29, 1.82) is 0 Å². The molecule has 2 aromatic carbocycles. The minimum Gasteiger partial charge on any atom is -0.383 e. The highest BCUT2D eigenvalue weighted by molar-refractivity contribution is 6.05. The van der Waals surface area contributed by atoms with Gasteiger partial charge in [-0.25, -0.2) is 8.78 Å². The summed E-state index contributed by atoms with van der Waals surface area (Å²) in [4.78, 5) is 20.1. The van der Waals surface area contributed by atoms with Crippen LogP contribution in [0.1, 0.15) is 55.5 Å². The number of hydrogen-bond acceptors (Lipinski definition) is 6. The van der Waals surface area contributed by atoms with Gasteiger partial charge in [0, 0.05) is 57.7 Å². The molecule has 1 unspecified atom stereocenters. The van der Waals surface area contributed by atoms with E-state index in [1.54, 1.807) is 31.9 Å². The van der Waals surface area contributed by atoms with Gasteiger partial charge in [0.1, 0.15) is 11.5 Å². The lowest BCUT2D eigenvalue weighted by Crippen LogP contribution is -2.57. The number of likely N-dealkylation sites (tertiary alicyclic amines) is 1. The highest BCUT2D eigenvalue weighted by Crippen LogP contribution is 2.40. The molecule has 0 bridgehead atoms. The molecule has 2 aliphatic heterocycles. The molecule has 0 spiro atoms. The van der Waals surface area contributed by atoms with Crippen LogP contribution in [0.4, 0.5) is 8.78 Å². The van der Waals surface area contributed by atoms with Crippen LogP contribution in [-0.4, -0.2) is 115 Å². The van der Waals surface area contributed by atoms with Gasteiger partial charge in [0.25, 0.3) is 5.91 Å². The Morgan fingerprint density at radius 2 is 1.98 bits per heavy atom. The zero-order valence-electron chi connectivity index (χ0n) is 27.0. The summed E-state index contributed by atoms with van der Waals surface area (Å²) in [6.07, 6.45) is 3.50. The first-order valence-corrected chi connectivity index (χ1v) is 15.7. The second kappa shape index (κ2) is 13.6. The number of carbonyl (C=O) groups excluding carboxylic acids is 1. The van der Waals surface area contributed by atoms with E-state index in [9.17, 15) is 9.18 Å². The van der Waals surface area contributed by atoms with Gasteiger partial charge in [0.15, 0.2) is 0 Å². The highest BCUT2D eigenvalue weighted by atomic mass is 19.1. The maximum absolute atomic E-state index is 15.5. The molecule has 1 amide bonds. The van der Waals surface area contributed by atoms with Crippen molar-refractivity contribution >= 4 is 16.8 Å². The van der Waals surface area contributed by atoms with Crippen LogP contribution in [0.3, 0.4) is 0 Å². The SMILES string of the molecule is COCCN(C)CCCC(N1CC(c2cc(-c3ccc(F)cc3C(=O)N3CCOC[C@H]3C)c3cnn(C)c3c2)C1)C(C)(C)F. The van der Waals surface area contributed by atoms with Crippen molar-refractivity contribution in [3.63, 3.8) is 0 Å². The van der Waals surface area contributed by atoms with Gasteiger partial charge in [0.05, 0.1) is 43.1 Å². The Morgan fingerprint density at radius 3 is 2.68 bits per heavy atom. The number of benzene rings is 2. The molecule has 2 atom stereocenters. The highest BCUT2D eigenvalue weighted by Gasteiger charge is 2.41. The monoisotopic (exact) mass is 611 g/mol. The Labute approximate surface area is 259 Å². The van der Waals surface area contributed by atoms with Crippen LogP contribution in [0.5, 0.6) is 0 Å². The van der Waals surface area contributed by atoms with E-state index in [-0.39, 0.29) is 23.9 Å². The molecule has 10 heteroatoms. The first-order chi connectivity index (χ1) is 21.0. The molecule has 0 radical (unpaired) electrons. The van der Waals surface area contributed by atoms with Crippen molar-refractivity contribution in [2.24, 2.45) is 7.05 Å². The zero-order valence-corrected chi connectivity index (χ0v) is 27.0.